The molecule has 0 saturated carbocycles. The number of hydrogen-bond donors (Lipinski definition) is 1. The van der Waals surface area contributed by atoms with Gasteiger partial charge in [-0.2, -0.15) is 0 Å². The van der Waals surface area contributed by atoms with Crippen LogP contribution in [0.3, 0.4) is 0 Å². The van der Waals surface area contributed by atoms with E-state index in [0.717, 1.165) is 0 Å². The largest absolute Gasteiger partial charge is 0.412 e. The van der Waals surface area contributed by atoms with E-state index in [0.29, 0.717) is 9.13 Å². The molecule has 0 heterocycles. The predicted octanol–water partition coefficient (Wildman–Crippen LogP) is 1.53. The Balaban J connectivity index is 2.89. The van der Waals surface area contributed by atoms with E-state index >= 15 is 0 Å². The topological polar surface area (TPSA) is 69.4 Å². The lowest BCUT2D eigenvalue weighted by molar-refractivity contribution is 0.0637. The molecule has 13 heavy (non-hydrogen) atoms. The van der Waals surface area contributed by atoms with Crippen LogP contribution >= 0.6 is 22.6 Å². The minimum absolute atomic E-state index is 0.335. The quantitative estimate of drug-likeness (QED) is 0.484. The second-order valence-corrected chi connectivity index (χ2v) is 3.35. The third kappa shape index (κ3) is 2.69. The number of halogens is 1. The average molecular weight is 291 g/mol. The van der Waals surface area contributed by atoms with Gasteiger partial charge in [0.15, 0.2) is 0 Å². The van der Waals surface area contributed by atoms with Crippen molar-refractivity contribution in [1.29, 1.82) is 0 Å². The van der Waals surface area contributed by atoms with Crippen molar-refractivity contribution >= 4 is 34.7 Å². The highest BCUT2D eigenvalue weighted by Crippen LogP contribution is 2.12. The Kier molecular flexibility index (Phi) is 3.24. The highest BCUT2D eigenvalue weighted by atomic mass is 127. The summed E-state index contributed by atoms with van der Waals surface area (Å²) in [7, 11) is 0. The average Bonchev–Trinajstić information content (AvgIpc) is 2.03. The van der Waals surface area contributed by atoms with Gasteiger partial charge in [0.1, 0.15) is 0 Å². The van der Waals surface area contributed by atoms with Crippen LogP contribution in [0.2, 0.25) is 0 Å². The monoisotopic (exact) mass is 291 g/mol. The SMILES string of the molecule is NC(=O)OC(=O)c1ccccc1I. The highest BCUT2D eigenvalue weighted by molar-refractivity contribution is 14.1. The molecule has 0 atom stereocenters. The molecule has 68 valence electrons. The number of ether oxygens (including phenoxy) is 1. The lowest BCUT2D eigenvalue weighted by Crippen LogP contribution is -2.19. The minimum Gasteiger partial charge on any atom is -0.373 e. The summed E-state index contributed by atoms with van der Waals surface area (Å²) >= 11 is 1.97. The minimum atomic E-state index is -1.09. The maximum absolute atomic E-state index is 11.1. The molecule has 4 nitrogen and oxygen atoms in total. The molecule has 2 N–H and O–H groups in total. The summed E-state index contributed by atoms with van der Waals surface area (Å²) in [6.45, 7) is 0. The standard InChI is InChI=1S/C8H6INO3/c9-6-4-2-1-3-5(6)7(11)13-8(10)12/h1-4H,(H2,10,12). The zero-order valence-corrected chi connectivity index (χ0v) is 8.65. The van der Waals surface area contributed by atoms with Gasteiger partial charge in [0.2, 0.25) is 0 Å². The molecular formula is C8H6INO3. The number of esters is 1. The van der Waals surface area contributed by atoms with E-state index in [2.05, 4.69) is 4.74 Å². The second kappa shape index (κ2) is 4.22. The molecular weight excluding hydrogens is 285 g/mol. The molecule has 1 amide bonds. The number of primary amides is 1. The first-order valence-corrected chi connectivity index (χ1v) is 4.45. The lowest BCUT2D eigenvalue weighted by atomic mass is 10.2. The van der Waals surface area contributed by atoms with E-state index < -0.39 is 12.1 Å². The molecule has 0 fully saturated rings. The van der Waals surface area contributed by atoms with Crippen LogP contribution < -0.4 is 5.73 Å². The van der Waals surface area contributed by atoms with Gasteiger partial charge in [-0.05, 0) is 34.7 Å². The first kappa shape index (κ1) is 9.97. The molecule has 0 aliphatic heterocycles. The van der Waals surface area contributed by atoms with Gasteiger partial charge in [-0.3, -0.25) is 0 Å². The Bertz CT molecular complexity index is 351. The summed E-state index contributed by atoms with van der Waals surface area (Å²) in [6, 6.07) is 6.76. The van der Waals surface area contributed by atoms with Gasteiger partial charge < -0.3 is 10.5 Å². The second-order valence-electron chi connectivity index (χ2n) is 2.19. The number of nitrogens with two attached hydrogens (primary N) is 1. The molecule has 0 spiro atoms. The smallest absolute Gasteiger partial charge is 0.373 e. The zero-order chi connectivity index (χ0) is 9.84. The zero-order valence-electron chi connectivity index (χ0n) is 6.49. The van der Waals surface area contributed by atoms with Crippen LogP contribution in [0.25, 0.3) is 0 Å². The number of carbonyl (C=O) groups is 2. The maximum atomic E-state index is 11.1. The molecule has 0 aromatic heterocycles. The lowest BCUT2D eigenvalue weighted by Gasteiger charge is -2.00. The van der Waals surface area contributed by atoms with Crippen LogP contribution in [0, 0.1) is 3.57 Å². The van der Waals surface area contributed by atoms with E-state index in [-0.39, 0.29) is 0 Å². The summed E-state index contributed by atoms with van der Waals surface area (Å²) in [4.78, 5) is 21.4. The van der Waals surface area contributed by atoms with Gasteiger partial charge in [0.05, 0.1) is 5.56 Å². The van der Waals surface area contributed by atoms with Crippen molar-refractivity contribution in [2.45, 2.75) is 0 Å². The van der Waals surface area contributed by atoms with E-state index in [1.54, 1.807) is 24.3 Å². The fraction of sp³-hybridized carbons (Fsp3) is 0. The number of amides is 1. The molecule has 0 radical (unpaired) electrons. The number of benzene rings is 1. The summed E-state index contributed by atoms with van der Waals surface area (Å²) in [6.07, 6.45) is -1.09. The Morgan fingerprint density at radius 2 is 1.92 bits per heavy atom. The van der Waals surface area contributed by atoms with Crippen molar-refractivity contribution in [2.75, 3.05) is 0 Å². The van der Waals surface area contributed by atoms with Crippen LogP contribution in [0.5, 0.6) is 0 Å². The van der Waals surface area contributed by atoms with Gasteiger partial charge in [-0.1, -0.05) is 12.1 Å². The van der Waals surface area contributed by atoms with Gasteiger partial charge in [-0.15, -0.1) is 0 Å². The van der Waals surface area contributed by atoms with Crippen molar-refractivity contribution in [2.24, 2.45) is 5.73 Å². The van der Waals surface area contributed by atoms with Gasteiger partial charge in [0, 0.05) is 3.57 Å². The first-order valence-electron chi connectivity index (χ1n) is 3.37. The molecule has 0 saturated heterocycles. The fourth-order valence-corrected chi connectivity index (χ4v) is 1.38. The number of rotatable bonds is 1. The van der Waals surface area contributed by atoms with Crippen molar-refractivity contribution in [3.8, 4) is 0 Å². The van der Waals surface area contributed by atoms with Gasteiger partial charge >= 0.3 is 12.1 Å². The molecule has 0 aliphatic carbocycles. The molecule has 0 unspecified atom stereocenters. The van der Waals surface area contributed by atoms with E-state index in [1.165, 1.54) is 0 Å². The molecule has 0 aliphatic rings. The van der Waals surface area contributed by atoms with Crippen LogP contribution in [0.15, 0.2) is 24.3 Å². The highest BCUT2D eigenvalue weighted by Gasteiger charge is 2.12. The van der Waals surface area contributed by atoms with E-state index in [4.69, 9.17) is 5.73 Å². The molecule has 5 heteroatoms. The van der Waals surface area contributed by atoms with Crippen molar-refractivity contribution in [1.82, 2.24) is 0 Å². The number of carbonyl (C=O) groups excluding carboxylic acids is 2. The summed E-state index contributed by atoms with van der Waals surface area (Å²) < 4.78 is 4.93. The Hall–Kier alpha value is -1.11. The van der Waals surface area contributed by atoms with Crippen LogP contribution in [-0.2, 0) is 4.74 Å². The molecule has 0 bridgehead atoms. The third-order valence-electron chi connectivity index (χ3n) is 1.29. The Labute approximate surface area is 88.2 Å². The molecule has 1 rings (SSSR count). The first-order chi connectivity index (χ1) is 6.11. The summed E-state index contributed by atoms with van der Waals surface area (Å²) in [5.74, 6) is -0.725. The predicted molar refractivity (Wildman–Crippen MR) is 54.2 cm³/mol. The van der Waals surface area contributed by atoms with Crippen molar-refractivity contribution < 1.29 is 14.3 Å². The van der Waals surface area contributed by atoms with Gasteiger partial charge in [-0.25, -0.2) is 9.59 Å². The van der Waals surface area contributed by atoms with Gasteiger partial charge in [0.25, 0.3) is 0 Å². The van der Waals surface area contributed by atoms with Crippen LogP contribution in [0.1, 0.15) is 10.4 Å². The summed E-state index contributed by atoms with van der Waals surface area (Å²) in [5, 5.41) is 0. The van der Waals surface area contributed by atoms with Crippen molar-refractivity contribution in [3.05, 3.63) is 33.4 Å². The van der Waals surface area contributed by atoms with E-state index in [9.17, 15) is 9.59 Å². The molecule has 1 aromatic carbocycles. The molecule has 1 aromatic rings. The van der Waals surface area contributed by atoms with Crippen LogP contribution in [-0.4, -0.2) is 12.1 Å². The maximum Gasteiger partial charge on any atom is 0.412 e. The Morgan fingerprint density at radius 3 is 2.46 bits per heavy atom. The fourth-order valence-electron chi connectivity index (χ4n) is 0.773. The Morgan fingerprint density at radius 1 is 1.31 bits per heavy atom. The normalized spacial score (nSPS) is 9.31. The number of hydrogen-bond acceptors (Lipinski definition) is 3. The third-order valence-corrected chi connectivity index (χ3v) is 2.23. The van der Waals surface area contributed by atoms with E-state index in [1.807, 2.05) is 22.6 Å². The summed E-state index contributed by atoms with van der Waals surface area (Å²) in [5.41, 5.74) is 5.03. The van der Waals surface area contributed by atoms with Crippen molar-refractivity contribution in [3.63, 3.8) is 0 Å². The van der Waals surface area contributed by atoms with Crippen LogP contribution in [0.4, 0.5) is 4.79 Å².